The van der Waals surface area contributed by atoms with Crippen molar-refractivity contribution >= 4 is 34.3 Å². The average molecular weight is 596 g/mol. The molecular formula is C33H30FN5O5. The Morgan fingerprint density at radius 3 is 2.23 bits per heavy atom. The second-order valence-corrected chi connectivity index (χ2v) is 10.8. The van der Waals surface area contributed by atoms with Crippen molar-refractivity contribution in [3.63, 3.8) is 0 Å². The summed E-state index contributed by atoms with van der Waals surface area (Å²) in [5.41, 5.74) is 2.95. The lowest BCUT2D eigenvalue weighted by molar-refractivity contribution is 0.0635. The highest BCUT2D eigenvalue weighted by Crippen LogP contribution is 2.36. The Labute approximate surface area is 253 Å². The molecule has 0 aliphatic carbocycles. The van der Waals surface area contributed by atoms with Gasteiger partial charge in [-0.05, 0) is 87.9 Å². The van der Waals surface area contributed by atoms with E-state index in [0.717, 1.165) is 11.1 Å². The Morgan fingerprint density at radius 1 is 0.864 bits per heavy atom. The van der Waals surface area contributed by atoms with Gasteiger partial charge in [0.25, 0.3) is 5.91 Å². The second kappa shape index (κ2) is 12.3. The highest BCUT2D eigenvalue weighted by Gasteiger charge is 2.18. The fourth-order valence-corrected chi connectivity index (χ4v) is 4.35. The van der Waals surface area contributed by atoms with Crippen molar-refractivity contribution in [1.29, 1.82) is 0 Å². The van der Waals surface area contributed by atoms with Crippen LogP contribution in [0.2, 0.25) is 0 Å². The summed E-state index contributed by atoms with van der Waals surface area (Å²) in [7, 11) is 1.35. The number of hydrogen-bond donors (Lipinski definition) is 2. The van der Waals surface area contributed by atoms with Crippen LogP contribution in [-0.2, 0) is 4.74 Å². The molecule has 5 aromatic rings. The van der Waals surface area contributed by atoms with E-state index in [0.29, 0.717) is 45.1 Å². The summed E-state index contributed by atoms with van der Waals surface area (Å²) in [5.74, 6) is -0.219. The number of benzene rings is 3. The van der Waals surface area contributed by atoms with Crippen LogP contribution in [0.3, 0.4) is 0 Å². The molecule has 0 unspecified atom stereocenters. The molecule has 0 bridgehead atoms. The predicted octanol–water partition coefficient (Wildman–Crippen LogP) is 7.54. The van der Waals surface area contributed by atoms with Gasteiger partial charge >= 0.3 is 6.09 Å². The van der Waals surface area contributed by atoms with Crippen LogP contribution in [0.5, 0.6) is 17.4 Å². The molecular weight excluding hydrogens is 565 g/mol. The molecule has 224 valence electrons. The summed E-state index contributed by atoms with van der Waals surface area (Å²) < 4.78 is 30.9. The van der Waals surface area contributed by atoms with Crippen LogP contribution >= 0.6 is 0 Å². The van der Waals surface area contributed by atoms with Crippen molar-refractivity contribution < 1.29 is 28.2 Å². The molecule has 0 atom stereocenters. The van der Waals surface area contributed by atoms with Crippen LogP contribution in [0.1, 0.15) is 36.8 Å². The first-order valence-corrected chi connectivity index (χ1v) is 13.6. The Hall–Kier alpha value is -5.58. The van der Waals surface area contributed by atoms with E-state index in [1.54, 1.807) is 75.4 Å². The number of carbonyl (C=O) groups is 2. The Balaban J connectivity index is 1.37. The highest BCUT2D eigenvalue weighted by atomic mass is 19.1. The van der Waals surface area contributed by atoms with Gasteiger partial charge in [0.1, 0.15) is 23.2 Å². The molecule has 2 heterocycles. The minimum atomic E-state index is -0.670. The van der Waals surface area contributed by atoms with Gasteiger partial charge in [-0.15, -0.1) is 0 Å². The van der Waals surface area contributed by atoms with Crippen molar-refractivity contribution in [2.45, 2.75) is 33.3 Å². The first kappa shape index (κ1) is 29.9. The van der Waals surface area contributed by atoms with E-state index in [-0.39, 0.29) is 11.8 Å². The summed E-state index contributed by atoms with van der Waals surface area (Å²) in [6, 6.07) is 18.3. The fourth-order valence-electron chi connectivity index (χ4n) is 4.35. The van der Waals surface area contributed by atoms with E-state index >= 15 is 0 Å². The maximum absolute atomic E-state index is 14.5. The predicted molar refractivity (Wildman–Crippen MR) is 165 cm³/mol. The van der Waals surface area contributed by atoms with E-state index in [1.807, 2.05) is 13.0 Å². The molecule has 2 aromatic heterocycles. The van der Waals surface area contributed by atoms with E-state index in [1.165, 1.54) is 25.7 Å². The molecule has 0 radical (unpaired) electrons. The maximum atomic E-state index is 14.5. The molecule has 0 aliphatic rings. The number of pyridine rings is 1. The minimum Gasteiger partial charge on any atom is -0.479 e. The number of amides is 2. The first-order chi connectivity index (χ1) is 21.0. The summed E-state index contributed by atoms with van der Waals surface area (Å²) >= 11 is 0. The summed E-state index contributed by atoms with van der Waals surface area (Å²) in [4.78, 5) is 38.1. The van der Waals surface area contributed by atoms with E-state index in [9.17, 15) is 14.0 Å². The van der Waals surface area contributed by atoms with Crippen molar-refractivity contribution in [3.05, 3.63) is 96.3 Å². The van der Waals surface area contributed by atoms with Crippen LogP contribution in [0.25, 0.3) is 22.0 Å². The zero-order valence-corrected chi connectivity index (χ0v) is 24.8. The van der Waals surface area contributed by atoms with Gasteiger partial charge in [-0.2, -0.15) is 0 Å². The minimum absolute atomic E-state index is 0.0996. The summed E-state index contributed by atoms with van der Waals surface area (Å²) in [6.45, 7) is 7.14. The van der Waals surface area contributed by atoms with Gasteiger partial charge in [0.05, 0.1) is 18.5 Å². The number of nitrogens with zero attached hydrogens (tertiary/aromatic N) is 3. The number of aryl methyl sites for hydroxylation is 1. The fraction of sp³-hybridized carbons (Fsp3) is 0.182. The lowest BCUT2D eigenvalue weighted by atomic mass is 10.0. The van der Waals surface area contributed by atoms with E-state index in [2.05, 4.69) is 25.6 Å². The third-order valence-electron chi connectivity index (χ3n) is 6.39. The number of halogens is 1. The van der Waals surface area contributed by atoms with Crippen LogP contribution in [0.4, 0.5) is 20.6 Å². The first-order valence-electron chi connectivity index (χ1n) is 13.6. The molecule has 2 N–H and O–H groups in total. The monoisotopic (exact) mass is 595 g/mol. The van der Waals surface area contributed by atoms with Crippen molar-refractivity contribution in [1.82, 2.24) is 15.0 Å². The van der Waals surface area contributed by atoms with Crippen LogP contribution in [0.15, 0.2) is 79.3 Å². The van der Waals surface area contributed by atoms with Gasteiger partial charge in [-0.1, -0.05) is 12.1 Å². The Kier molecular flexibility index (Phi) is 8.38. The van der Waals surface area contributed by atoms with E-state index in [4.69, 9.17) is 14.2 Å². The zero-order chi connectivity index (χ0) is 31.4. The average Bonchev–Trinajstić information content (AvgIpc) is 2.98. The topological polar surface area (TPSA) is 125 Å². The number of hydrogen-bond acceptors (Lipinski definition) is 8. The third kappa shape index (κ3) is 6.89. The number of para-hydroxylation sites is 2. The van der Waals surface area contributed by atoms with Crippen molar-refractivity contribution in [2.75, 3.05) is 17.7 Å². The normalized spacial score (nSPS) is 11.1. The van der Waals surface area contributed by atoms with Crippen LogP contribution in [0, 0.1) is 12.7 Å². The van der Waals surface area contributed by atoms with Gasteiger partial charge < -0.3 is 19.5 Å². The lowest BCUT2D eigenvalue weighted by Crippen LogP contribution is -2.27. The Bertz CT molecular complexity index is 1860. The molecule has 0 fully saturated rings. The molecule has 10 nitrogen and oxygen atoms in total. The van der Waals surface area contributed by atoms with Gasteiger partial charge in [-0.3, -0.25) is 10.1 Å². The molecule has 11 heteroatoms. The zero-order valence-electron chi connectivity index (χ0n) is 24.8. The Morgan fingerprint density at radius 2 is 1.57 bits per heavy atom. The molecule has 2 amide bonds. The summed E-state index contributed by atoms with van der Waals surface area (Å²) in [6.07, 6.45) is 2.33. The van der Waals surface area contributed by atoms with Gasteiger partial charge in [0.2, 0.25) is 5.88 Å². The van der Waals surface area contributed by atoms with Crippen molar-refractivity contribution in [2.24, 2.45) is 0 Å². The molecule has 0 spiro atoms. The van der Waals surface area contributed by atoms with Crippen LogP contribution < -0.4 is 20.1 Å². The number of ether oxygens (including phenoxy) is 3. The number of fused-ring (bicyclic) bond motifs is 1. The van der Waals surface area contributed by atoms with Crippen LogP contribution in [-0.4, -0.2) is 39.7 Å². The number of rotatable bonds is 7. The number of nitrogens with one attached hydrogen (secondary N) is 2. The lowest BCUT2D eigenvalue weighted by Gasteiger charge is -2.20. The SMILES string of the molecule is COc1ncc(-c2cc(Oc3ccc(C(=O)Nc4ccccc4NC(=O)OC(C)(C)C)cc3)c3ncnc(C)c3c2)cc1F. The molecule has 5 rings (SSSR count). The second-order valence-electron chi connectivity index (χ2n) is 10.8. The maximum Gasteiger partial charge on any atom is 0.412 e. The summed E-state index contributed by atoms with van der Waals surface area (Å²) in [5, 5.41) is 6.21. The standard InChI is InChI=1S/C33H30FN5O5/c1-19-24-14-21(22-15-25(34)31(42-5)35-17-22)16-28(29(24)37-18-36-19)43-23-12-10-20(11-13-23)30(40)38-26-8-6-7-9-27(26)39-32(41)44-33(2,3)4/h6-18H,1-5H3,(H,38,40)(H,39,41). The molecule has 0 saturated heterocycles. The molecule has 0 aliphatic heterocycles. The number of methoxy groups -OCH3 is 1. The number of carbonyl (C=O) groups excluding carboxylic acids is 2. The largest absolute Gasteiger partial charge is 0.479 e. The van der Waals surface area contributed by atoms with Gasteiger partial charge in [0, 0.05) is 28.4 Å². The smallest absolute Gasteiger partial charge is 0.412 e. The molecule has 3 aromatic carbocycles. The quantitative estimate of drug-likeness (QED) is 0.198. The molecule has 44 heavy (non-hydrogen) atoms. The van der Waals surface area contributed by atoms with E-state index < -0.39 is 17.5 Å². The highest BCUT2D eigenvalue weighted by molar-refractivity contribution is 6.07. The van der Waals surface area contributed by atoms with Crippen molar-refractivity contribution in [3.8, 4) is 28.5 Å². The van der Waals surface area contributed by atoms with Gasteiger partial charge in [-0.25, -0.2) is 24.1 Å². The molecule has 0 saturated carbocycles. The third-order valence-corrected chi connectivity index (χ3v) is 6.39. The van der Waals surface area contributed by atoms with Gasteiger partial charge in [0.15, 0.2) is 11.6 Å². The number of anilines is 2. The number of aromatic nitrogens is 3.